The number of rotatable bonds is 1. The van der Waals surface area contributed by atoms with Crippen LogP contribution < -0.4 is 4.74 Å². The van der Waals surface area contributed by atoms with Crippen LogP contribution in [0.3, 0.4) is 0 Å². The number of aromatic nitrogens is 2. The van der Waals surface area contributed by atoms with E-state index in [1.54, 1.807) is 0 Å². The summed E-state index contributed by atoms with van der Waals surface area (Å²) in [6, 6.07) is 15.9. The maximum Gasteiger partial charge on any atom is 0.311 e. The second-order valence-corrected chi connectivity index (χ2v) is 7.23. The molecule has 2 heterocycles. The lowest BCUT2D eigenvalue weighted by Gasteiger charge is -2.29. The van der Waals surface area contributed by atoms with E-state index in [2.05, 4.69) is 13.8 Å². The molecular formula is C22H18N2O2. The van der Waals surface area contributed by atoms with Crippen LogP contribution in [0, 0.1) is 5.92 Å². The molecule has 0 N–H and O–H groups in total. The zero-order chi connectivity index (χ0) is 17.8. The minimum absolute atomic E-state index is 0.0776. The quantitative estimate of drug-likeness (QED) is 0.212. The van der Waals surface area contributed by atoms with Gasteiger partial charge in [-0.1, -0.05) is 50.2 Å². The third-order valence-corrected chi connectivity index (χ3v) is 5.28. The fourth-order valence-electron chi connectivity index (χ4n) is 3.98. The van der Waals surface area contributed by atoms with E-state index in [4.69, 9.17) is 14.7 Å². The van der Waals surface area contributed by atoms with Gasteiger partial charge in [-0.05, 0) is 18.1 Å². The van der Waals surface area contributed by atoms with E-state index in [0.29, 0.717) is 18.1 Å². The van der Waals surface area contributed by atoms with Gasteiger partial charge < -0.3 is 4.74 Å². The molecule has 0 aliphatic carbocycles. The fraction of sp³-hybridized carbons (Fsp3) is 0.227. The van der Waals surface area contributed by atoms with Gasteiger partial charge >= 0.3 is 5.97 Å². The number of hydrogen-bond donors (Lipinski definition) is 0. The number of para-hydroxylation sites is 2. The van der Waals surface area contributed by atoms with E-state index in [9.17, 15) is 4.79 Å². The largest absolute Gasteiger partial charge is 0.425 e. The first-order chi connectivity index (χ1) is 12.6. The van der Waals surface area contributed by atoms with Crippen molar-refractivity contribution in [2.75, 3.05) is 0 Å². The summed E-state index contributed by atoms with van der Waals surface area (Å²) in [5, 5.41) is 1.90. The molecule has 5 rings (SSSR count). The molecule has 1 atom stereocenters. The topological polar surface area (TPSA) is 52.1 Å². The Morgan fingerprint density at radius 3 is 2.23 bits per heavy atom. The number of carbonyl (C=O) groups excluding carboxylic acids is 1. The Morgan fingerprint density at radius 2 is 1.54 bits per heavy atom. The molecule has 0 saturated carbocycles. The molecule has 26 heavy (non-hydrogen) atoms. The first kappa shape index (κ1) is 15.3. The summed E-state index contributed by atoms with van der Waals surface area (Å²) >= 11 is 0. The Morgan fingerprint density at radius 1 is 0.923 bits per heavy atom. The molecule has 1 aromatic heterocycles. The molecule has 1 aliphatic heterocycles. The smallest absolute Gasteiger partial charge is 0.311 e. The number of hydrogen-bond acceptors (Lipinski definition) is 4. The molecule has 1 aliphatic rings. The molecule has 0 radical (unpaired) electrons. The SMILES string of the molecule is CC(C)[C@H]1CC(=O)Oc2c1c1nc3ccccc3nc1c1ccccc21. The van der Waals surface area contributed by atoms with Crippen LogP contribution >= 0.6 is 0 Å². The van der Waals surface area contributed by atoms with Crippen molar-refractivity contribution in [2.45, 2.75) is 26.2 Å². The summed E-state index contributed by atoms with van der Waals surface area (Å²) in [6.07, 6.45) is 0.382. The summed E-state index contributed by atoms with van der Waals surface area (Å²) in [4.78, 5) is 22.1. The minimum atomic E-state index is -0.172. The van der Waals surface area contributed by atoms with Crippen LogP contribution in [0.1, 0.15) is 31.7 Å². The molecule has 128 valence electrons. The highest BCUT2D eigenvalue weighted by Gasteiger charge is 2.34. The lowest BCUT2D eigenvalue weighted by atomic mass is 9.81. The van der Waals surface area contributed by atoms with Gasteiger partial charge in [0.05, 0.1) is 28.5 Å². The molecule has 4 heteroatoms. The monoisotopic (exact) mass is 342 g/mol. The van der Waals surface area contributed by atoms with Gasteiger partial charge in [0.2, 0.25) is 0 Å². The van der Waals surface area contributed by atoms with E-state index in [-0.39, 0.29) is 11.9 Å². The van der Waals surface area contributed by atoms with Crippen molar-refractivity contribution >= 4 is 38.8 Å². The molecule has 0 amide bonds. The van der Waals surface area contributed by atoms with Crippen molar-refractivity contribution in [3.05, 3.63) is 54.1 Å². The molecule has 0 unspecified atom stereocenters. The summed E-state index contributed by atoms with van der Waals surface area (Å²) in [5.74, 6) is 0.870. The van der Waals surface area contributed by atoms with Crippen LogP contribution in [0.4, 0.5) is 0 Å². The number of benzene rings is 3. The Kier molecular flexibility index (Phi) is 3.23. The van der Waals surface area contributed by atoms with Gasteiger partial charge in [0.1, 0.15) is 5.75 Å². The van der Waals surface area contributed by atoms with E-state index in [0.717, 1.165) is 38.4 Å². The van der Waals surface area contributed by atoms with E-state index >= 15 is 0 Å². The van der Waals surface area contributed by atoms with Gasteiger partial charge in [-0.15, -0.1) is 0 Å². The summed E-state index contributed by atoms with van der Waals surface area (Å²) in [6.45, 7) is 4.28. The lowest BCUT2D eigenvalue weighted by molar-refractivity contribution is -0.136. The maximum atomic E-state index is 12.3. The van der Waals surface area contributed by atoms with Gasteiger partial charge in [-0.3, -0.25) is 4.79 Å². The standard InChI is InChI=1S/C22H18N2O2/c1-12(2)15-11-18(25)26-22-14-8-4-3-7-13(14)20-21(19(15)22)24-17-10-6-5-9-16(17)23-20/h3-10,12,15H,11H2,1-2H3/t15-/m1/s1. The maximum absolute atomic E-state index is 12.3. The van der Waals surface area contributed by atoms with Crippen molar-refractivity contribution < 1.29 is 9.53 Å². The Bertz CT molecular complexity index is 1200. The zero-order valence-electron chi connectivity index (χ0n) is 14.7. The minimum Gasteiger partial charge on any atom is -0.425 e. The molecule has 0 bridgehead atoms. The van der Waals surface area contributed by atoms with Crippen molar-refractivity contribution in [2.24, 2.45) is 5.92 Å². The third-order valence-electron chi connectivity index (χ3n) is 5.28. The second-order valence-electron chi connectivity index (χ2n) is 7.23. The van der Waals surface area contributed by atoms with Gasteiger partial charge in [0.25, 0.3) is 0 Å². The predicted octanol–water partition coefficient (Wildman–Crippen LogP) is 4.98. The van der Waals surface area contributed by atoms with Gasteiger partial charge in [0.15, 0.2) is 0 Å². The predicted molar refractivity (Wildman–Crippen MR) is 102 cm³/mol. The number of ether oxygens (including phenoxy) is 1. The summed E-state index contributed by atoms with van der Waals surface area (Å²) < 4.78 is 5.74. The highest BCUT2D eigenvalue weighted by Crippen LogP contribution is 2.47. The van der Waals surface area contributed by atoms with Crippen molar-refractivity contribution in [1.82, 2.24) is 9.97 Å². The first-order valence-corrected chi connectivity index (χ1v) is 8.95. The zero-order valence-corrected chi connectivity index (χ0v) is 14.7. The average molecular weight is 342 g/mol. The van der Waals surface area contributed by atoms with Crippen LogP contribution in [0.5, 0.6) is 5.75 Å². The molecule has 0 fully saturated rings. The normalized spacial score (nSPS) is 17.0. The number of esters is 1. The van der Waals surface area contributed by atoms with Crippen LogP contribution in [0.2, 0.25) is 0 Å². The van der Waals surface area contributed by atoms with Gasteiger partial charge in [0, 0.05) is 22.3 Å². The summed E-state index contributed by atoms with van der Waals surface area (Å²) in [7, 11) is 0. The van der Waals surface area contributed by atoms with Crippen molar-refractivity contribution in [1.29, 1.82) is 0 Å². The van der Waals surface area contributed by atoms with Crippen LogP contribution in [0.15, 0.2) is 48.5 Å². The van der Waals surface area contributed by atoms with Crippen LogP contribution in [-0.2, 0) is 4.79 Å². The van der Waals surface area contributed by atoms with E-state index in [1.165, 1.54) is 0 Å². The lowest BCUT2D eigenvalue weighted by Crippen LogP contribution is -2.24. The van der Waals surface area contributed by atoms with Crippen LogP contribution in [-0.4, -0.2) is 15.9 Å². The van der Waals surface area contributed by atoms with Gasteiger partial charge in [-0.2, -0.15) is 0 Å². The fourth-order valence-corrected chi connectivity index (χ4v) is 3.98. The molecule has 0 saturated heterocycles. The highest BCUT2D eigenvalue weighted by molar-refractivity contribution is 6.12. The highest BCUT2D eigenvalue weighted by atomic mass is 16.5. The third kappa shape index (κ3) is 2.11. The van der Waals surface area contributed by atoms with Crippen LogP contribution in [0.25, 0.3) is 32.8 Å². The number of fused-ring (bicyclic) bond motifs is 7. The Labute approximate surface area is 150 Å². The molecule has 3 aromatic carbocycles. The van der Waals surface area contributed by atoms with Gasteiger partial charge in [-0.25, -0.2) is 9.97 Å². The van der Waals surface area contributed by atoms with E-state index in [1.807, 2.05) is 48.5 Å². The number of carbonyl (C=O) groups is 1. The van der Waals surface area contributed by atoms with Crippen molar-refractivity contribution in [3.63, 3.8) is 0 Å². The van der Waals surface area contributed by atoms with E-state index < -0.39 is 0 Å². The average Bonchev–Trinajstić information content (AvgIpc) is 2.66. The Hall–Kier alpha value is -3.01. The number of nitrogens with zero attached hydrogens (tertiary/aromatic N) is 2. The van der Waals surface area contributed by atoms with Crippen molar-refractivity contribution in [3.8, 4) is 5.75 Å². The molecule has 4 nitrogen and oxygen atoms in total. The molecular weight excluding hydrogens is 324 g/mol. The Balaban J connectivity index is 2.02. The first-order valence-electron chi connectivity index (χ1n) is 8.95. The summed E-state index contributed by atoms with van der Waals surface area (Å²) in [5.41, 5.74) is 4.48. The molecule has 4 aromatic rings. The molecule has 0 spiro atoms. The second kappa shape index (κ2) is 5.49.